The molecule has 0 unspecified atom stereocenters. The van der Waals surface area contributed by atoms with E-state index in [2.05, 4.69) is 42.7 Å². The zero-order valence-electron chi connectivity index (χ0n) is 17.8. The molecule has 1 saturated carbocycles. The molecule has 0 spiro atoms. The Morgan fingerprint density at radius 3 is 2.62 bits per heavy atom. The summed E-state index contributed by atoms with van der Waals surface area (Å²) < 4.78 is 0. The molecule has 3 aromatic rings. The highest BCUT2D eigenvalue weighted by atomic mass is 35.5. The van der Waals surface area contributed by atoms with Crippen LogP contribution in [-0.4, -0.2) is 31.6 Å². The third-order valence-corrected chi connectivity index (χ3v) is 6.92. The lowest BCUT2D eigenvalue weighted by Gasteiger charge is -2.38. The molecule has 0 amide bonds. The fourth-order valence-corrected chi connectivity index (χ4v) is 5.22. The van der Waals surface area contributed by atoms with Crippen molar-refractivity contribution in [3.63, 3.8) is 0 Å². The molecule has 0 bridgehead atoms. The summed E-state index contributed by atoms with van der Waals surface area (Å²) in [6.07, 6.45) is 9.33. The van der Waals surface area contributed by atoms with Crippen LogP contribution in [0.2, 0.25) is 5.02 Å². The van der Waals surface area contributed by atoms with Gasteiger partial charge in [0.25, 0.3) is 0 Å². The first-order valence-corrected chi connectivity index (χ1v) is 12.2. The van der Waals surface area contributed by atoms with E-state index in [0.29, 0.717) is 16.2 Å². The average Bonchev–Trinajstić information content (AvgIpc) is 2.79. The van der Waals surface area contributed by atoms with Crippen LogP contribution in [0.4, 0.5) is 5.95 Å². The molecule has 32 heavy (non-hydrogen) atoms. The maximum absolute atomic E-state index is 6.30. The molecule has 2 heterocycles. The highest BCUT2D eigenvalue weighted by molar-refractivity contribution is 7.99. The molecular formula is C23H25ClN6S2. The van der Waals surface area contributed by atoms with Gasteiger partial charge < -0.3 is 10.6 Å². The third kappa shape index (κ3) is 5.94. The first-order chi connectivity index (χ1) is 15.5. The van der Waals surface area contributed by atoms with Crippen LogP contribution in [0.5, 0.6) is 0 Å². The summed E-state index contributed by atoms with van der Waals surface area (Å²) in [5, 5.41) is 9.24. The summed E-state index contributed by atoms with van der Waals surface area (Å²) in [4.78, 5) is 17.5. The molecule has 4 rings (SSSR count). The van der Waals surface area contributed by atoms with Crippen LogP contribution in [0.3, 0.4) is 0 Å². The van der Waals surface area contributed by atoms with Gasteiger partial charge in [-0.3, -0.25) is 0 Å². The predicted molar refractivity (Wildman–Crippen MR) is 133 cm³/mol. The van der Waals surface area contributed by atoms with Crippen LogP contribution in [-0.2, 0) is 5.41 Å². The summed E-state index contributed by atoms with van der Waals surface area (Å²) in [6.45, 7) is 2.67. The van der Waals surface area contributed by atoms with Gasteiger partial charge in [-0.1, -0.05) is 43.0 Å². The second-order valence-electron chi connectivity index (χ2n) is 7.96. The molecule has 1 fully saturated rings. The van der Waals surface area contributed by atoms with E-state index in [9.17, 15) is 0 Å². The van der Waals surface area contributed by atoms with Gasteiger partial charge in [0.15, 0.2) is 10.3 Å². The lowest BCUT2D eigenvalue weighted by Crippen LogP contribution is -2.43. The molecule has 2 aromatic heterocycles. The smallest absolute Gasteiger partial charge is 0.230 e. The standard InChI is InChI=1S/C23H25ClN6S2/c1-16-13-19(32-22-25-11-6-12-26-22)29-20(28-16)30-21(31)27-15-23(9-3-2-4-10-23)17-7-5-8-18(24)14-17/h5-8,11-14H,2-4,9-10,15H2,1H3,(H2,27,28,29,30,31). The van der Waals surface area contributed by atoms with E-state index in [4.69, 9.17) is 23.8 Å². The van der Waals surface area contributed by atoms with Gasteiger partial charge in [0.05, 0.1) is 0 Å². The van der Waals surface area contributed by atoms with Crippen LogP contribution in [0.25, 0.3) is 0 Å². The first-order valence-electron chi connectivity index (χ1n) is 10.6. The minimum absolute atomic E-state index is 0.0218. The number of rotatable bonds is 6. The Hall–Kier alpha value is -2.29. The number of aryl methyl sites for hydroxylation is 1. The van der Waals surface area contributed by atoms with Gasteiger partial charge in [0, 0.05) is 35.1 Å². The molecule has 0 radical (unpaired) electrons. The number of halogens is 1. The second kappa shape index (κ2) is 10.6. The molecule has 166 valence electrons. The van der Waals surface area contributed by atoms with Gasteiger partial charge in [-0.15, -0.1) is 0 Å². The zero-order chi connectivity index (χ0) is 22.4. The first kappa shape index (κ1) is 22.9. The highest BCUT2D eigenvalue weighted by Gasteiger charge is 2.34. The summed E-state index contributed by atoms with van der Waals surface area (Å²) >= 11 is 13.3. The van der Waals surface area contributed by atoms with Crippen molar-refractivity contribution in [1.29, 1.82) is 0 Å². The van der Waals surface area contributed by atoms with Crippen molar-refractivity contribution in [3.05, 3.63) is 65.1 Å². The number of aromatic nitrogens is 4. The molecule has 2 N–H and O–H groups in total. The Bertz CT molecular complexity index is 1070. The number of nitrogens with one attached hydrogen (secondary N) is 2. The Morgan fingerprint density at radius 1 is 1.09 bits per heavy atom. The summed E-state index contributed by atoms with van der Waals surface area (Å²) in [5.74, 6) is 0.460. The fraction of sp³-hybridized carbons (Fsp3) is 0.348. The molecule has 1 aliphatic carbocycles. The third-order valence-electron chi connectivity index (χ3n) is 5.63. The van der Waals surface area contributed by atoms with Crippen molar-refractivity contribution in [2.75, 3.05) is 11.9 Å². The number of nitrogens with zero attached hydrogens (tertiary/aromatic N) is 4. The van der Waals surface area contributed by atoms with Crippen molar-refractivity contribution < 1.29 is 0 Å². The van der Waals surface area contributed by atoms with E-state index in [1.165, 1.54) is 36.6 Å². The Kier molecular flexibility index (Phi) is 7.55. The lowest BCUT2D eigenvalue weighted by molar-refractivity contribution is 0.292. The van der Waals surface area contributed by atoms with E-state index in [1.807, 2.05) is 25.1 Å². The van der Waals surface area contributed by atoms with Gasteiger partial charge in [-0.2, -0.15) is 0 Å². The van der Waals surface area contributed by atoms with Crippen LogP contribution in [0.1, 0.15) is 43.4 Å². The van der Waals surface area contributed by atoms with Gasteiger partial charge >= 0.3 is 0 Å². The van der Waals surface area contributed by atoms with E-state index >= 15 is 0 Å². The summed E-state index contributed by atoms with van der Waals surface area (Å²) in [7, 11) is 0. The van der Waals surface area contributed by atoms with E-state index in [1.54, 1.807) is 18.5 Å². The topological polar surface area (TPSA) is 75.6 Å². The number of benzene rings is 1. The Morgan fingerprint density at radius 2 is 1.88 bits per heavy atom. The molecule has 0 saturated heterocycles. The Labute approximate surface area is 203 Å². The van der Waals surface area contributed by atoms with E-state index < -0.39 is 0 Å². The van der Waals surface area contributed by atoms with Crippen molar-refractivity contribution in [2.45, 2.75) is 54.6 Å². The highest BCUT2D eigenvalue weighted by Crippen LogP contribution is 2.39. The normalized spacial score (nSPS) is 15.2. The largest absolute Gasteiger partial charge is 0.361 e. The number of hydrogen-bond donors (Lipinski definition) is 2. The molecule has 1 aromatic carbocycles. The monoisotopic (exact) mass is 484 g/mol. The van der Waals surface area contributed by atoms with Crippen LogP contribution < -0.4 is 10.6 Å². The van der Waals surface area contributed by atoms with Crippen molar-refractivity contribution in [1.82, 2.24) is 25.3 Å². The molecule has 9 heteroatoms. The van der Waals surface area contributed by atoms with Gasteiger partial charge in [-0.05, 0) is 73.6 Å². The summed E-state index contributed by atoms with van der Waals surface area (Å²) in [5.41, 5.74) is 2.13. The van der Waals surface area contributed by atoms with Crippen LogP contribution in [0, 0.1) is 6.92 Å². The molecule has 0 aliphatic heterocycles. The van der Waals surface area contributed by atoms with Crippen molar-refractivity contribution >= 4 is 46.6 Å². The van der Waals surface area contributed by atoms with Crippen molar-refractivity contribution in [3.8, 4) is 0 Å². The molecule has 1 aliphatic rings. The molecular weight excluding hydrogens is 460 g/mol. The van der Waals surface area contributed by atoms with E-state index in [0.717, 1.165) is 35.1 Å². The van der Waals surface area contributed by atoms with Crippen LogP contribution >= 0.6 is 35.6 Å². The maximum Gasteiger partial charge on any atom is 0.230 e. The second-order valence-corrected chi connectivity index (χ2v) is 9.80. The maximum atomic E-state index is 6.30. The predicted octanol–water partition coefficient (Wildman–Crippen LogP) is 5.57. The minimum Gasteiger partial charge on any atom is -0.361 e. The Balaban J connectivity index is 1.43. The van der Waals surface area contributed by atoms with Crippen LogP contribution in [0.15, 0.2) is 59.0 Å². The summed E-state index contributed by atoms with van der Waals surface area (Å²) in [6, 6.07) is 11.9. The number of hydrogen-bond acceptors (Lipinski definition) is 6. The average molecular weight is 485 g/mol. The quantitative estimate of drug-likeness (QED) is 0.267. The number of thiocarbonyl (C=S) groups is 1. The number of anilines is 1. The molecule has 0 atom stereocenters. The van der Waals surface area contributed by atoms with Gasteiger partial charge in [0.2, 0.25) is 5.95 Å². The van der Waals surface area contributed by atoms with Gasteiger partial charge in [-0.25, -0.2) is 19.9 Å². The van der Waals surface area contributed by atoms with E-state index in [-0.39, 0.29) is 5.41 Å². The molecule has 6 nitrogen and oxygen atoms in total. The minimum atomic E-state index is 0.0218. The zero-order valence-corrected chi connectivity index (χ0v) is 20.2. The lowest BCUT2D eigenvalue weighted by atomic mass is 9.69. The van der Waals surface area contributed by atoms with Gasteiger partial charge in [0.1, 0.15) is 5.03 Å². The fourth-order valence-electron chi connectivity index (χ4n) is 4.09. The van der Waals surface area contributed by atoms with Crippen molar-refractivity contribution in [2.24, 2.45) is 0 Å². The SMILES string of the molecule is Cc1cc(Sc2ncccn2)nc(NC(=S)NCC2(c3cccc(Cl)c3)CCCCC2)n1.